The van der Waals surface area contributed by atoms with E-state index in [9.17, 15) is 0 Å². The number of fused-ring (bicyclic) bond motifs is 6. The van der Waals surface area contributed by atoms with Gasteiger partial charge in [-0.05, 0) is 105 Å². The topological polar surface area (TPSA) is 6.48 Å². The molecule has 4 heteroatoms. The van der Waals surface area contributed by atoms with Crippen LogP contribution in [0.4, 0.5) is 22.7 Å². The van der Waals surface area contributed by atoms with Gasteiger partial charge in [-0.3, -0.25) is 0 Å². The van der Waals surface area contributed by atoms with Crippen LogP contribution < -0.4 is 9.80 Å². The highest BCUT2D eigenvalue weighted by molar-refractivity contribution is 8.00. The van der Waals surface area contributed by atoms with Gasteiger partial charge in [-0.1, -0.05) is 185 Å². The highest BCUT2D eigenvalue weighted by Crippen LogP contribution is 2.50. The van der Waals surface area contributed by atoms with E-state index < -0.39 is 0 Å². The van der Waals surface area contributed by atoms with Gasteiger partial charge in [0, 0.05) is 32.7 Å². The lowest BCUT2D eigenvalue weighted by atomic mass is 9.91. The summed E-state index contributed by atoms with van der Waals surface area (Å²) in [5.74, 6) is 0. The van der Waals surface area contributed by atoms with Crippen LogP contribution in [0.5, 0.6) is 0 Å². The van der Waals surface area contributed by atoms with Crippen molar-refractivity contribution in [1.82, 2.24) is 0 Å². The van der Waals surface area contributed by atoms with E-state index in [4.69, 9.17) is 0 Å². The van der Waals surface area contributed by atoms with Gasteiger partial charge in [0.1, 0.15) is 0 Å². The van der Waals surface area contributed by atoms with E-state index in [0.717, 1.165) is 13.1 Å². The van der Waals surface area contributed by atoms with Crippen LogP contribution in [0.1, 0.15) is 87.5 Å². The number of anilines is 4. The van der Waals surface area contributed by atoms with Crippen molar-refractivity contribution in [2.75, 3.05) is 22.9 Å². The summed E-state index contributed by atoms with van der Waals surface area (Å²) in [5, 5.41) is 5.08. The van der Waals surface area contributed by atoms with Crippen LogP contribution in [0.2, 0.25) is 0 Å². The molecule has 0 aromatic heterocycles. The number of nitrogens with zero attached hydrogens (tertiary/aromatic N) is 2. The molecular weight excluding hydrogens is 741 g/mol. The Kier molecular flexibility index (Phi) is 11.8. The van der Waals surface area contributed by atoms with Crippen molar-refractivity contribution >= 4 is 92.1 Å². The first kappa shape index (κ1) is 38.4. The van der Waals surface area contributed by atoms with Crippen molar-refractivity contribution in [3.8, 4) is 0 Å². The molecule has 0 saturated heterocycles. The normalized spacial score (nSPS) is 13.3. The fourth-order valence-electron chi connectivity index (χ4n) is 8.70. The van der Waals surface area contributed by atoms with E-state index in [0.29, 0.717) is 0 Å². The Hall–Kier alpha value is -5.16. The summed E-state index contributed by atoms with van der Waals surface area (Å²) in [7, 11) is 0. The monoisotopic (exact) mass is 792 g/mol. The molecule has 0 spiro atoms. The third kappa shape index (κ3) is 7.85. The minimum Gasteiger partial charge on any atom is -0.340 e. The van der Waals surface area contributed by atoms with Gasteiger partial charge in [-0.2, -0.15) is 0 Å². The second-order valence-corrected chi connectivity index (χ2v) is 17.8. The number of unbranched alkanes of at least 4 members (excludes halogenated alkanes) is 6. The Morgan fingerprint density at radius 2 is 0.759 bits per heavy atom. The molecule has 2 aliphatic rings. The van der Waals surface area contributed by atoms with Crippen molar-refractivity contribution < 1.29 is 0 Å². The van der Waals surface area contributed by atoms with Crippen molar-refractivity contribution in [2.24, 2.45) is 0 Å². The molecule has 0 unspecified atom stereocenters. The third-order valence-corrected chi connectivity index (χ3v) is 13.9. The van der Waals surface area contributed by atoms with Gasteiger partial charge in [0.25, 0.3) is 0 Å². The summed E-state index contributed by atoms with van der Waals surface area (Å²) in [6, 6.07) is 49.7. The molecule has 0 amide bonds. The molecule has 7 aromatic rings. The zero-order valence-corrected chi connectivity index (χ0v) is 35.4. The fourth-order valence-corrected chi connectivity index (χ4v) is 11.0. The maximum Gasteiger partial charge on any atom is 0.0553 e. The minimum atomic E-state index is 1.05. The van der Waals surface area contributed by atoms with Crippen molar-refractivity contribution in [1.29, 1.82) is 0 Å². The van der Waals surface area contributed by atoms with Gasteiger partial charge in [0.2, 0.25) is 0 Å². The molecule has 2 nitrogen and oxygen atoms in total. The summed E-state index contributed by atoms with van der Waals surface area (Å²) in [6.45, 7) is 6.67. The average Bonchev–Trinajstić information content (AvgIpc) is 3.26. The molecule has 0 radical (unpaired) electrons. The lowest BCUT2D eigenvalue weighted by Gasteiger charge is -2.33. The molecule has 0 saturated carbocycles. The molecule has 58 heavy (non-hydrogen) atoms. The van der Waals surface area contributed by atoms with Gasteiger partial charge in [-0.25, -0.2) is 0 Å². The molecule has 290 valence electrons. The predicted octanol–water partition coefficient (Wildman–Crippen LogP) is 16.7. The zero-order valence-electron chi connectivity index (χ0n) is 33.8. The molecule has 0 bridgehead atoms. The summed E-state index contributed by atoms with van der Waals surface area (Å²) in [5.41, 5.74) is 10.3. The Balaban J connectivity index is 1.03. The smallest absolute Gasteiger partial charge is 0.0553 e. The summed E-state index contributed by atoms with van der Waals surface area (Å²) in [6.07, 6.45) is 19.4. The van der Waals surface area contributed by atoms with Crippen LogP contribution in [0.25, 0.3) is 45.8 Å². The molecule has 0 aliphatic carbocycles. The molecule has 2 aliphatic heterocycles. The van der Waals surface area contributed by atoms with Crippen LogP contribution in [0, 0.1) is 0 Å². The summed E-state index contributed by atoms with van der Waals surface area (Å²) in [4.78, 5) is 10.4. The SMILES string of the molecule is CCCCCCN1c2ccccc2Sc2cc(C=Cc3c4ccccc4c(C=Cc4ccc5c(c4)Sc4ccccc4N5CCCCCC)c4ccccc34)ccc21. The Morgan fingerprint density at radius 1 is 0.379 bits per heavy atom. The second kappa shape index (κ2) is 17.8. The van der Waals surface area contributed by atoms with Gasteiger partial charge >= 0.3 is 0 Å². The standard InChI is InChI=1S/C54H52N2S2/c1-3-5-7-17-35-55-47-23-13-15-25-51(47)57-53-37-39(29-33-49(53)55)27-31-45-41-19-9-11-21-43(41)46(44-22-12-10-20-42(44)45)32-28-40-30-34-50-54(38-40)58-52-26-16-14-24-48(52)56(50)36-18-8-6-4-2/h9-16,19-34,37-38H,3-8,17-18,35-36H2,1-2H3. The Labute approximate surface area is 353 Å². The van der Waals surface area contributed by atoms with E-state index in [-0.39, 0.29) is 0 Å². The van der Waals surface area contributed by atoms with Crippen LogP contribution in [0.3, 0.4) is 0 Å². The van der Waals surface area contributed by atoms with Gasteiger partial charge in [0.15, 0.2) is 0 Å². The van der Waals surface area contributed by atoms with E-state index in [1.54, 1.807) is 0 Å². The number of para-hydroxylation sites is 2. The number of benzene rings is 7. The zero-order chi connectivity index (χ0) is 39.3. The quantitative estimate of drug-likeness (QED) is 0.0614. The number of hydrogen-bond donors (Lipinski definition) is 0. The summed E-state index contributed by atoms with van der Waals surface area (Å²) >= 11 is 3.80. The second-order valence-electron chi connectivity index (χ2n) is 15.6. The molecule has 2 heterocycles. The third-order valence-electron chi connectivity index (χ3n) is 11.7. The lowest BCUT2D eigenvalue weighted by Crippen LogP contribution is -2.22. The molecule has 0 N–H and O–H groups in total. The maximum absolute atomic E-state index is 2.55. The lowest BCUT2D eigenvalue weighted by molar-refractivity contribution is 0.665. The molecule has 0 fully saturated rings. The fraction of sp³-hybridized carbons (Fsp3) is 0.222. The van der Waals surface area contributed by atoms with Gasteiger partial charge < -0.3 is 9.80 Å². The Bertz CT molecular complexity index is 2400. The van der Waals surface area contributed by atoms with Gasteiger partial charge in [0.05, 0.1) is 22.7 Å². The van der Waals surface area contributed by atoms with Crippen LogP contribution in [-0.4, -0.2) is 13.1 Å². The van der Waals surface area contributed by atoms with E-state index in [1.807, 2.05) is 23.5 Å². The molecule has 0 atom stereocenters. The molecule has 9 rings (SSSR count). The van der Waals surface area contributed by atoms with E-state index in [1.165, 1.54) is 137 Å². The average molecular weight is 793 g/mol. The maximum atomic E-state index is 2.55. The minimum absolute atomic E-state index is 1.05. The van der Waals surface area contributed by atoms with Crippen LogP contribution >= 0.6 is 23.5 Å². The first-order valence-corrected chi connectivity index (χ1v) is 23.0. The number of rotatable bonds is 14. The predicted molar refractivity (Wildman–Crippen MR) is 256 cm³/mol. The summed E-state index contributed by atoms with van der Waals surface area (Å²) < 4.78 is 0. The van der Waals surface area contributed by atoms with Crippen molar-refractivity contribution in [2.45, 2.75) is 84.8 Å². The van der Waals surface area contributed by atoms with Crippen molar-refractivity contribution in [3.63, 3.8) is 0 Å². The molecular formula is C54H52N2S2. The molecule has 7 aromatic carbocycles. The van der Waals surface area contributed by atoms with E-state index in [2.05, 4.69) is 181 Å². The first-order valence-electron chi connectivity index (χ1n) is 21.4. The Morgan fingerprint density at radius 3 is 1.17 bits per heavy atom. The highest BCUT2D eigenvalue weighted by atomic mass is 32.2. The highest BCUT2D eigenvalue weighted by Gasteiger charge is 2.24. The first-order chi connectivity index (χ1) is 28.7. The number of hydrogen-bond acceptors (Lipinski definition) is 4. The van der Waals surface area contributed by atoms with E-state index >= 15 is 0 Å². The van der Waals surface area contributed by atoms with Crippen LogP contribution in [-0.2, 0) is 0 Å². The largest absolute Gasteiger partial charge is 0.340 e. The van der Waals surface area contributed by atoms with Gasteiger partial charge in [-0.15, -0.1) is 0 Å². The van der Waals surface area contributed by atoms with Crippen molar-refractivity contribution in [3.05, 3.63) is 156 Å². The van der Waals surface area contributed by atoms with Crippen LogP contribution in [0.15, 0.2) is 153 Å².